The fourth-order valence-corrected chi connectivity index (χ4v) is 2.84. The molecular formula is C16H16ClN7O2S. The second kappa shape index (κ2) is 9.10. The number of nitrogens with one attached hydrogen (secondary N) is 2. The maximum atomic E-state index is 11.9. The molecule has 9 nitrogen and oxygen atoms in total. The second-order valence-corrected chi connectivity index (χ2v) is 6.56. The molecule has 11 heteroatoms. The Labute approximate surface area is 163 Å². The van der Waals surface area contributed by atoms with Crippen LogP contribution in [-0.4, -0.2) is 32.7 Å². The standard InChI is InChI=1S/C16H16ClN7O2S/c17-13-6-2-1-4-11(13)8-20-21-15-22-23-16(24(15)18)27-10-14(25)19-9-12-5-3-7-26-12/h1-8H,9-10,18H2,(H,19,25)(H,21,22)/b20-8+. The number of amides is 1. The number of nitrogen functional groups attached to an aromatic ring is 1. The van der Waals surface area contributed by atoms with E-state index in [9.17, 15) is 4.79 Å². The van der Waals surface area contributed by atoms with E-state index in [0.717, 1.165) is 17.3 Å². The first kappa shape index (κ1) is 18.8. The SMILES string of the molecule is Nn1c(N/N=C/c2ccccc2Cl)nnc1SCC(=O)NCc1ccco1. The molecule has 0 saturated carbocycles. The zero-order valence-electron chi connectivity index (χ0n) is 14.0. The summed E-state index contributed by atoms with van der Waals surface area (Å²) in [6.07, 6.45) is 3.10. The summed E-state index contributed by atoms with van der Waals surface area (Å²) in [6, 6.07) is 10.8. The van der Waals surface area contributed by atoms with E-state index in [1.807, 2.05) is 18.2 Å². The number of hydrogen-bond donors (Lipinski definition) is 3. The number of furan rings is 1. The van der Waals surface area contributed by atoms with Crippen LogP contribution in [0.25, 0.3) is 0 Å². The third kappa shape index (κ3) is 5.25. The molecule has 2 aromatic heterocycles. The quantitative estimate of drug-likeness (QED) is 0.227. The van der Waals surface area contributed by atoms with Crippen LogP contribution in [0.1, 0.15) is 11.3 Å². The van der Waals surface area contributed by atoms with Gasteiger partial charge >= 0.3 is 0 Å². The molecule has 0 aliphatic heterocycles. The summed E-state index contributed by atoms with van der Waals surface area (Å²) in [5.74, 6) is 6.79. The van der Waals surface area contributed by atoms with Gasteiger partial charge in [0.05, 0.1) is 24.8 Å². The molecule has 0 saturated heterocycles. The largest absolute Gasteiger partial charge is 0.467 e. The van der Waals surface area contributed by atoms with Gasteiger partial charge in [0.2, 0.25) is 11.1 Å². The summed E-state index contributed by atoms with van der Waals surface area (Å²) < 4.78 is 6.36. The lowest BCUT2D eigenvalue weighted by atomic mass is 10.2. The van der Waals surface area contributed by atoms with Crippen molar-refractivity contribution in [3.63, 3.8) is 0 Å². The van der Waals surface area contributed by atoms with Crippen LogP contribution >= 0.6 is 23.4 Å². The Morgan fingerprint density at radius 3 is 2.96 bits per heavy atom. The molecular weight excluding hydrogens is 390 g/mol. The van der Waals surface area contributed by atoms with E-state index in [-0.39, 0.29) is 17.6 Å². The molecule has 140 valence electrons. The minimum absolute atomic E-state index is 0.138. The van der Waals surface area contributed by atoms with Crippen molar-refractivity contribution >= 4 is 41.4 Å². The molecule has 0 bridgehead atoms. The van der Waals surface area contributed by atoms with Gasteiger partial charge in [0, 0.05) is 10.6 Å². The summed E-state index contributed by atoms with van der Waals surface area (Å²) >= 11 is 7.20. The summed E-state index contributed by atoms with van der Waals surface area (Å²) in [7, 11) is 0. The molecule has 0 spiro atoms. The highest BCUT2D eigenvalue weighted by molar-refractivity contribution is 7.99. The molecule has 1 amide bonds. The van der Waals surface area contributed by atoms with E-state index in [0.29, 0.717) is 22.5 Å². The Hall–Kier alpha value is -2.98. The highest BCUT2D eigenvalue weighted by atomic mass is 35.5. The van der Waals surface area contributed by atoms with Gasteiger partial charge in [-0.2, -0.15) is 5.10 Å². The van der Waals surface area contributed by atoms with Gasteiger partial charge in [-0.15, -0.1) is 10.2 Å². The average Bonchev–Trinajstić information content (AvgIpc) is 3.30. The monoisotopic (exact) mass is 405 g/mol. The van der Waals surface area contributed by atoms with Gasteiger partial charge in [-0.3, -0.25) is 4.79 Å². The summed E-state index contributed by atoms with van der Waals surface area (Å²) in [6.45, 7) is 0.325. The number of aromatic nitrogens is 3. The molecule has 0 radical (unpaired) electrons. The average molecular weight is 406 g/mol. The minimum atomic E-state index is -0.175. The van der Waals surface area contributed by atoms with E-state index in [1.165, 1.54) is 4.68 Å². The number of benzene rings is 1. The number of anilines is 1. The predicted molar refractivity (Wildman–Crippen MR) is 104 cm³/mol. The van der Waals surface area contributed by atoms with Crippen LogP contribution < -0.4 is 16.6 Å². The summed E-state index contributed by atoms with van der Waals surface area (Å²) in [5.41, 5.74) is 3.44. The maximum Gasteiger partial charge on any atom is 0.264 e. The van der Waals surface area contributed by atoms with Crippen molar-refractivity contribution in [2.24, 2.45) is 5.10 Å². The van der Waals surface area contributed by atoms with E-state index < -0.39 is 0 Å². The van der Waals surface area contributed by atoms with Crippen LogP contribution in [-0.2, 0) is 11.3 Å². The Bertz CT molecular complexity index is 927. The molecule has 4 N–H and O–H groups in total. The van der Waals surface area contributed by atoms with E-state index in [1.54, 1.807) is 30.7 Å². The zero-order chi connectivity index (χ0) is 19.1. The van der Waals surface area contributed by atoms with E-state index in [2.05, 4.69) is 26.0 Å². The normalized spacial score (nSPS) is 11.0. The number of hydrazone groups is 1. The highest BCUT2D eigenvalue weighted by Crippen LogP contribution is 2.17. The minimum Gasteiger partial charge on any atom is -0.467 e. The van der Waals surface area contributed by atoms with Crippen LogP contribution in [0.15, 0.2) is 57.3 Å². The number of hydrogen-bond acceptors (Lipinski definition) is 8. The summed E-state index contributed by atoms with van der Waals surface area (Å²) in [4.78, 5) is 11.9. The maximum absolute atomic E-state index is 11.9. The molecule has 2 heterocycles. The van der Waals surface area contributed by atoms with E-state index in [4.69, 9.17) is 21.9 Å². The number of carbonyl (C=O) groups is 1. The van der Waals surface area contributed by atoms with Gasteiger partial charge in [-0.25, -0.2) is 10.1 Å². The number of thioether (sulfide) groups is 1. The van der Waals surface area contributed by atoms with Crippen molar-refractivity contribution < 1.29 is 9.21 Å². The molecule has 0 atom stereocenters. The Balaban J connectivity index is 1.49. The number of nitrogens with two attached hydrogens (primary N) is 1. The van der Waals surface area contributed by atoms with Crippen LogP contribution in [0.2, 0.25) is 5.02 Å². The van der Waals surface area contributed by atoms with Crippen molar-refractivity contribution in [2.75, 3.05) is 17.0 Å². The lowest BCUT2D eigenvalue weighted by Gasteiger charge is -2.04. The lowest BCUT2D eigenvalue weighted by Crippen LogP contribution is -2.24. The van der Waals surface area contributed by atoms with Gasteiger partial charge in [-0.05, 0) is 18.2 Å². The predicted octanol–water partition coefficient (Wildman–Crippen LogP) is 2.09. The molecule has 3 aromatic rings. The first-order chi connectivity index (χ1) is 13.1. The van der Waals surface area contributed by atoms with Crippen LogP contribution in [0, 0.1) is 0 Å². The van der Waals surface area contributed by atoms with Crippen molar-refractivity contribution in [3.8, 4) is 0 Å². The van der Waals surface area contributed by atoms with Gasteiger partial charge in [0.25, 0.3) is 5.95 Å². The summed E-state index contributed by atoms with van der Waals surface area (Å²) in [5, 5.41) is 15.6. The number of rotatable bonds is 8. The van der Waals surface area contributed by atoms with Crippen molar-refractivity contribution in [1.82, 2.24) is 20.2 Å². The van der Waals surface area contributed by atoms with Crippen LogP contribution in [0.4, 0.5) is 5.95 Å². The fourth-order valence-electron chi connectivity index (χ4n) is 1.97. The molecule has 0 aliphatic rings. The van der Waals surface area contributed by atoms with E-state index >= 15 is 0 Å². The smallest absolute Gasteiger partial charge is 0.264 e. The van der Waals surface area contributed by atoms with Gasteiger partial charge < -0.3 is 15.6 Å². The Kier molecular flexibility index (Phi) is 6.34. The molecule has 0 aliphatic carbocycles. The fraction of sp³-hybridized carbons (Fsp3) is 0.125. The second-order valence-electron chi connectivity index (χ2n) is 5.21. The van der Waals surface area contributed by atoms with Crippen molar-refractivity contribution in [1.29, 1.82) is 0 Å². The first-order valence-corrected chi connectivity index (χ1v) is 9.16. The molecule has 27 heavy (non-hydrogen) atoms. The first-order valence-electron chi connectivity index (χ1n) is 7.79. The molecule has 0 unspecified atom stereocenters. The zero-order valence-corrected chi connectivity index (χ0v) is 15.6. The van der Waals surface area contributed by atoms with Crippen LogP contribution in [0.5, 0.6) is 0 Å². The third-order valence-corrected chi connectivity index (χ3v) is 4.60. The molecule has 1 aromatic carbocycles. The van der Waals surface area contributed by atoms with Crippen LogP contribution in [0.3, 0.4) is 0 Å². The van der Waals surface area contributed by atoms with Gasteiger partial charge in [-0.1, -0.05) is 41.6 Å². The molecule has 3 rings (SSSR count). The Morgan fingerprint density at radius 2 is 2.19 bits per heavy atom. The number of nitrogens with zero attached hydrogens (tertiary/aromatic N) is 4. The highest BCUT2D eigenvalue weighted by Gasteiger charge is 2.12. The number of carbonyl (C=O) groups excluding carboxylic acids is 1. The molecule has 0 fully saturated rings. The topological polar surface area (TPSA) is 123 Å². The third-order valence-electron chi connectivity index (χ3n) is 3.31. The van der Waals surface area contributed by atoms with Crippen molar-refractivity contribution in [2.45, 2.75) is 11.7 Å². The number of halogens is 1. The Morgan fingerprint density at radius 1 is 1.33 bits per heavy atom. The van der Waals surface area contributed by atoms with Gasteiger partial charge in [0.1, 0.15) is 5.76 Å². The van der Waals surface area contributed by atoms with Gasteiger partial charge in [0.15, 0.2) is 0 Å². The van der Waals surface area contributed by atoms with Crippen molar-refractivity contribution in [3.05, 3.63) is 59.0 Å². The lowest BCUT2D eigenvalue weighted by molar-refractivity contribution is -0.118.